The standard InChI is InChI=1S/C19H28FN5O5S/c20-14-6-13(7-15(26)17(14)22-10-16(27)25-31(29)30)24-18(28)23-9-12-8-21-11-19(12)4-2-1-3-5-19/h6-7,12,21-22,26H,1-5,8-11H2,(H,25,27)(H,29,30)(H2,23,24,28). The third kappa shape index (κ3) is 6.05. The van der Waals surface area contributed by atoms with E-state index >= 15 is 0 Å². The van der Waals surface area contributed by atoms with Crippen molar-refractivity contribution in [1.82, 2.24) is 15.4 Å². The highest BCUT2D eigenvalue weighted by Gasteiger charge is 2.43. The van der Waals surface area contributed by atoms with Gasteiger partial charge in [0.05, 0.1) is 6.54 Å². The first-order valence-electron chi connectivity index (χ1n) is 10.2. The van der Waals surface area contributed by atoms with Crippen molar-refractivity contribution in [3.8, 4) is 5.75 Å². The Kier molecular flexibility index (Phi) is 7.68. The zero-order valence-corrected chi connectivity index (χ0v) is 17.8. The highest BCUT2D eigenvalue weighted by atomic mass is 32.2. The van der Waals surface area contributed by atoms with Gasteiger partial charge in [0.25, 0.3) is 17.2 Å². The molecule has 1 heterocycles. The number of phenolic OH excluding ortho intramolecular Hbond substituents is 1. The summed E-state index contributed by atoms with van der Waals surface area (Å²) in [6.45, 7) is 1.81. The molecule has 0 bridgehead atoms. The second-order valence-corrected chi connectivity index (χ2v) is 8.77. The molecule has 1 aromatic rings. The molecule has 3 rings (SSSR count). The van der Waals surface area contributed by atoms with E-state index in [0.29, 0.717) is 12.5 Å². The minimum absolute atomic E-state index is 0.0518. The summed E-state index contributed by atoms with van der Waals surface area (Å²) in [6, 6.07) is 1.65. The number of anilines is 2. The van der Waals surface area contributed by atoms with Crippen LogP contribution in [0, 0.1) is 17.2 Å². The van der Waals surface area contributed by atoms with Gasteiger partial charge in [0, 0.05) is 31.4 Å². The van der Waals surface area contributed by atoms with Crippen LogP contribution >= 0.6 is 0 Å². The lowest BCUT2D eigenvalue weighted by molar-refractivity contribution is -0.117. The van der Waals surface area contributed by atoms with Crippen molar-refractivity contribution in [3.63, 3.8) is 0 Å². The summed E-state index contributed by atoms with van der Waals surface area (Å²) in [6.07, 6.45) is 6.00. The van der Waals surface area contributed by atoms with Crippen molar-refractivity contribution in [1.29, 1.82) is 0 Å². The van der Waals surface area contributed by atoms with Crippen molar-refractivity contribution < 1.29 is 27.8 Å². The van der Waals surface area contributed by atoms with E-state index in [0.717, 1.165) is 38.1 Å². The molecule has 1 spiro atoms. The Labute approximate surface area is 182 Å². The molecule has 2 fully saturated rings. The molecular formula is C19H28FN5O5S. The minimum atomic E-state index is -2.54. The number of urea groups is 1. The zero-order valence-electron chi connectivity index (χ0n) is 17.0. The summed E-state index contributed by atoms with van der Waals surface area (Å²) in [7, 11) is 0. The lowest BCUT2D eigenvalue weighted by atomic mass is 9.68. The monoisotopic (exact) mass is 457 g/mol. The van der Waals surface area contributed by atoms with E-state index in [2.05, 4.69) is 21.3 Å². The van der Waals surface area contributed by atoms with E-state index in [4.69, 9.17) is 4.55 Å². The van der Waals surface area contributed by atoms with E-state index in [1.807, 2.05) is 0 Å². The van der Waals surface area contributed by atoms with Gasteiger partial charge >= 0.3 is 6.03 Å². The maximum absolute atomic E-state index is 14.3. The number of amides is 3. The average Bonchev–Trinajstić information content (AvgIpc) is 3.07. The molecule has 0 aromatic heterocycles. The summed E-state index contributed by atoms with van der Waals surface area (Å²) in [5, 5.41) is 21.2. The second kappa shape index (κ2) is 10.2. The molecule has 2 aliphatic rings. The SMILES string of the molecule is O=C(CNc1c(O)cc(NC(=O)NCC2CNCC23CCCCC3)cc1F)NS(=O)O. The fourth-order valence-corrected chi connectivity index (χ4v) is 4.79. The number of carbonyl (C=O) groups is 2. The summed E-state index contributed by atoms with van der Waals surface area (Å²) in [5.74, 6) is -1.93. The van der Waals surface area contributed by atoms with E-state index < -0.39 is 41.3 Å². The van der Waals surface area contributed by atoms with E-state index in [9.17, 15) is 23.3 Å². The summed E-state index contributed by atoms with van der Waals surface area (Å²) < 4.78 is 35.1. The number of phenols is 1. The molecule has 10 nitrogen and oxygen atoms in total. The largest absolute Gasteiger partial charge is 0.506 e. The van der Waals surface area contributed by atoms with E-state index in [1.165, 1.54) is 19.3 Å². The zero-order chi connectivity index (χ0) is 22.4. The molecule has 1 aromatic carbocycles. The van der Waals surface area contributed by atoms with Crippen LogP contribution < -0.4 is 26.0 Å². The molecule has 1 saturated carbocycles. The Morgan fingerprint density at radius 1 is 1.26 bits per heavy atom. The highest BCUT2D eigenvalue weighted by molar-refractivity contribution is 7.77. The van der Waals surface area contributed by atoms with Gasteiger partial charge in [-0.2, -0.15) is 0 Å². The Balaban J connectivity index is 1.53. The molecule has 2 unspecified atom stereocenters. The van der Waals surface area contributed by atoms with Crippen molar-refractivity contribution in [3.05, 3.63) is 17.9 Å². The quantitative estimate of drug-likeness (QED) is 0.242. The number of hydrogen-bond acceptors (Lipinski definition) is 6. The van der Waals surface area contributed by atoms with E-state index in [1.54, 1.807) is 4.72 Å². The predicted molar refractivity (Wildman–Crippen MR) is 114 cm³/mol. The maximum atomic E-state index is 14.3. The van der Waals surface area contributed by atoms with Crippen LogP contribution in [0.25, 0.3) is 0 Å². The van der Waals surface area contributed by atoms with Gasteiger partial charge in [0.2, 0.25) is 0 Å². The summed E-state index contributed by atoms with van der Waals surface area (Å²) in [4.78, 5) is 23.7. The van der Waals surface area contributed by atoms with Crippen LogP contribution in [0.1, 0.15) is 32.1 Å². The van der Waals surface area contributed by atoms with Crippen molar-refractivity contribution >= 4 is 34.6 Å². The number of rotatable bonds is 7. The van der Waals surface area contributed by atoms with Crippen LogP contribution in [-0.2, 0) is 16.1 Å². The number of hydrogen-bond donors (Lipinski definition) is 7. The minimum Gasteiger partial charge on any atom is -0.506 e. The lowest BCUT2D eigenvalue weighted by Crippen LogP contribution is -2.41. The van der Waals surface area contributed by atoms with Gasteiger partial charge in [-0.05, 0) is 30.2 Å². The molecule has 1 aliphatic heterocycles. The molecule has 172 valence electrons. The summed E-state index contributed by atoms with van der Waals surface area (Å²) >= 11 is -2.54. The Morgan fingerprint density at radius 3 is 2.68 bits per heavy atom. The van der Waals surface area contributed by atoms with Crippen LogP contribution in [-0.4, -0.2) is 52.0 Å². The van der Waals surface area contributed by atoms with Gasteiger partial charge in [0.15, 0.2) is 5.82 Å². The molecule has 1 aliphatic carbocycles. The molecule has 12 heteroatoms. The smallest absolute Gasteiger partial charge is 0.319 e. The van der Waals surface area contributed by atoms with Crippen molar-refractivity contribution in [2.45, 2.75) is 32.1 Å². The molecule has 0 radical (unpaired) electrons. The van der Waals surface area contributed by atoms with Gasteiger partial charge in [-0.3, -0.25) is 14.1 Å². The molecular weight excluding hydrogens is 429 g/mol. The number of aromatic hydroxyl groups is 1. The molecule has 2 atom stereocenters. The fourth-order valence-electron chi connectivity index (χ4n) is 4.52. The first-order chi connectivity index (χ1) is 14.8. The number of carbonyl (C=O) groups excluding carboxylic acids is 2. The Bertz CT molecular complexity index is 826. The van der Waals surface area contributed by atoms with Crippen LogP contribution in [0.15, 0.2) is 12.1 Å². The van der Waals surface area contributed by atoms with Crippen molar-refractivity contribution in [2.75, 3.05) is 36.8 Å². The fraction of sp³-hybridized carbons (Fsp3) is 0.579. The topological polar surface area (TPSA) is 152 Å². The Hall–Kier alpha value is -2.44. The van der Waals surface area contributed by atoms with Gasteiger partial charge < -0.3 is 26.4 Å². The Morgan fingerprint density at radius 2 is 2.00 bits per heavy atom. The molecule has 3 amide bonds. The molecule has 31 heavy (non-hydrogen) atoms. The second-order valence-electron chi connectivity index (χ2n) is 8.07. The van der Waals surface area contributed by atoms with Gasteiger partial charge in [-0.15, -0.1) is 0 Å². The lowest BCUT2D eigenvalue weighted by Gasteiger charge is -2.38. The molecule has 1 saturated heterocycles. The summed E-state index contributed by atoms with van der Waals surface area (Å²) in [5.41, 5.74) is -0.0741. The van der Waals surface area contributed by atoms with Gasteiger partial charge in [-0.1, -0.05) is 19.3 Å². The van der Waals surface area contributed by atoms with Crippen LogP contribution in [0.4, 0.5) is 20.6 Å². The third-order valence-electron chi connectivity index (χ3n) is 6.05. The maximum Gasteiger partial charge on any atom is 0.319 e. The molecule has 7 N–H and O–H groups in total. The van der Waals surface area contributed by atoms with Crippen molar-refractivity contribution in [2.24, 2.45) is 11.3 Å². The van der Waals surface area contributed by atoms with Crippen LogP contribution in [0.5, 0.6) is 5.75 Å². The van der Waals surface area contributed by atoms with Crippen LogP contribution in [0.2, 0.25) is 0 Å². The first-order valence-corrected chi connectivity index (χ1v) is 11.3. The van der Waals surface area contributed by atoms with Gasteiger partial charge in [-0.25, -0.2) is 13.4 Å². The number of benzene rings is 1. The number of halogens is 1. The van der Waals surface area contributed by atoms with E-state index in [-0.39, 0.29) is 16.8 Å². The predicted octanol–water partition coefficient (Wildman–Crippen LogP) is 1.49. The van der Waals surface area contributed by atoms with Crippen LogP contribution in [0.3, 0.4) is 0 Å². The normalized spacial score (nSPS) is 20.8. The third-order valence-corrected chi connectivity index (χ3v) is 6.45. The van der Waals surface area contributed by atoms with Gasteiger partial charge in [0.1, 0.15) is 11.4 Å². The average molecular weight is 458 g/mol. The highest BCUT2D eigenvalue weighted by Crippen LogP contribution is 2.44. The first kappa shape index (κ1) is 23.2. The number of nitrogens with one attached hydrogen (secondary N) is 5.